The van der Waals surface area contributed by atoms with Gasteiger partial charge in [0.15, 0.2) is 6.29 Å². The van der Waals surface area contributed by atoms with Crippen LogP contribution in [0.3, 0.4) is 0 Å². The molecule has 1 heterocycles. The summed E-state index contributed by atoms with van der Waals surface area (Å²) in [5.74, 6) is -0.0921. The first-order chi connectivity index (χ1) is 9.11. The molecule has 0 aliphatic carbocycles. The van der Waals surface area contributed by atoms with Crippen molar-refractivity contribution in [1.82, 2.24) is 4.98 Å². The number of pyridine rings is 1. The lowest BCUT2D eigenvalue weighted by Crippen LogP contribution is -2.13. The van der Waals surface area contributed by atoms with E-state index in [0.717, 1.165) is 0 Å². The Hall–Kier alpha value is -1.91. The highest BCUT2D eigenvalue weighted by Gasteiger charge is 2.13. The van der Waals surface area contributed by atoms with Gasteiger partial charge in [0, 0.05) is 11.8 Å². The molecular weight excluding hydrogens is 287 g/mol. The molecule has 1 N–H and O–H groups in total. The molecule has 96 valence electrons. The van der Waals surface area contributed by atoms with Crippen LogP contribution < -0.4 is 5.32 Å². The van der Waals surface area contributed by atoms with Gasteiger partial charge in [0.2, 0.25) is 0 Å². The zero-order chi connectivity index (χ0) is 13.8. The number of anilines is 1. The molecule has 1 aromatic heterocycles. The van der Waals surface area contributed by atoms with Crippen LogP contribution >= 0.6 is 23.2 Å². The molecule has 0 aliphatic rings. The van der Waals surface area contributed by atoms with Crippen LogP contribution in [-0.2, 0) is 0 Å². The van der Waals surface area contributed by atoms with Crippen LogP contribution in [0, 0.1) is 0 Å². The van der Waals surface area contributed by atoms with Crippen LogP contribution in [0.15, 0.2) is 36.5 Å². The first-order valence-electron chi connectivity index (χ1n) is 5.28. The van der Waals surface area contributed by atoms with Gasteiger partial charge in [-0.3, -0.25) is 9.59 Å². The minimum absolute atomic E-state index is 0.186. The first kappa shape index (κ1) is 13.5. The van der Waals surface area contributed by atoms with Gasteiger partial charge >= 0.3 is 0 Å². The van der Waals surface area contributed by atoms with E-state index < -0.39 is 5.91 Å². The molecule has 0 unspecified atom stereocenters. The quantitative estimate of drug-likeness (QED) is 0.882. The molecule has 0 atom stereocenters. The van der Waals surface area contributed by atoms with Crippen LogP contribution in [0.4, 0.5) is 5.82 Å². The molecule has 2 aromatic rings. The largest absolute Gasteiger partial charge is 0.307 e. The number of amides is 1. The normalized spacial score (nSPS) is 10.0. The standard InChI is InChI=1S/C13H8Cl2N2O2/c14-10-3-1-2-9(12(10)15)13(19)17-11-5-4-8(7-18)6-16-11/h1-7H,(H,16,17,19). The number of aromatic nitrogens is 1. The van der Waals surface area contributed by atoms with Crippen molar-refractivity contribution in [2.45, 2.75) is 0 Å². The minimum Gasteiger partial charge on any atom is -0.307 e. The molecule has 6 heteroatoms. The van der Waals surface area contributed by atoms with Gasteiger partial charge in [0.05, 0.1) is 15.6 Å². The van der Waals surface area contributed by atoms with E-state index in [1.54, 1.807) is 24.3 Å². The van der Waals surface area contributed by atoms with Crippen LogP contribution in [0.2, 0.25) is 10.0 Å². The fourth-order valence-corrected chi connectivity index (χ4v) is 1.80. The van der Waals surface area contributed by atoms with Gasteiger partial charge in [0.25, 0.3) is 5.91 Å². The zero-order valence-corrected chi connectivity index (χ0v) is 11.1. The van der Waals surface area contributed by atoms with Crippen molar-refractivity contribution in [3.63, 3.8) is 0 Å². The fourth-order valence-electron chi connectivity index (χ4n) is 1.41. The molecule has 0 spiro atoms. The lowest BCUT2D eigenvalue weighted by Gasteiger charge is -2.06. The molecule has 1 amide bonds. The number of nitrogens with one attached hydrogen (secondary N) is 1. The van der Waals surface area contributed by atoms with E-state index >= 15 is 0 Å². The Labute approximate surface area is 119 Å². The fraction of sp³-hybridized carbons (Fsp3) is 0. The average Bonchev–Trinajstić information content (AvgIpc) is 2.42. The lowest BCUT2D eigenvalue weighted by atomic mass is 10.2. The number of carbonyl (C=O) groups excluding carboxylic acids is 2. The maximum atomic E-state index is 12.0. The Morgan fingerprint density at radius 2 is 2.00 bits per heavy atom. The van der Waals surface area contributed by atoms with Crippen molar-refractivity contribution in [3.05, 3.63) is 57.7 Å². The SMILES string of the molecule is O=Cc1ccc(NC(=O)c2cccc(Cl)c2Cl)nc1. The molecule has 0 saturated carbocycles. The summed E-state index contributed by atoms with van der Waals surface area (Å²) in [7, 11) is 0. The van der Waals surface area contributed by atoms with Crippen LogP contribution in [0.1, 0.15) is 20.7 Å². The molecule has 1 aromatic carbocycles. The third-order valence-electron chi connectivity index (χ3n) is 2.36. The highest BCUT2D eigenvalue weighted by Crippen LogP contribution is 2.25. The molecule has 0 fully saturated rings. The second-order valence-electron chi connectivity index (χ2n) is 3.65. The average molecular weight is 295 g/mol. The van der Waals surface area contributed by atoms with E-state index in [4.69, 9.17) is 23.2 Å². The van der Waals surface area contributed by atoms with Crippen molar-refractivity contribution in [3.8, 4) is 0 Å². The molecule has 0 saturated heterocycles. The number of carbonyl (C=O) groups is 2. The van der Waals surface area contributed by atoms with Crippen molar-refractivity contribution in [1.29, 1.82) is 0 Å². The van der Waals surface area contributed by atoms with Crippen molar-refractivity contribution in [2.24, 2.45) is 0 Å². The van der Waals surface area contributed by atoms with Gasteiger partial charge in [-0.2, -0.15) is 0 Å². The van der Waals surface area contributed by atoms with E-state index in [9.17, 15) is 9.59 Å². The molecule has 4 nitrogen and oxygen atoms in total. The third-order valence-corrected chi connectivity index (χ3v) is 3.18. The van der Waals surface area contributed by atoms with Crippen LogP contribution in [-0.4, -0.2) is 17.2 Å². The number of hydrogen-bond acceptors (Lipinski definition) is 3. The van der Waals surface area contributed by atoms with Gasteiger partial charge in [0.1, 0.15) is 5.82 Å². The predicted octanol–water partition coefficient (Wildman–Crippen LogP) is 3.45. The van der Waals surface area contributed by atoms with E-state index in [1.165, 1.54) is 12.3 Å². The summed E-state index contributed by atoms with van der Waals surface area (Å²) in [4.78, 5) is 26.4. The van der Waals surface area contributed by atoms with E-state index in [1.807, 2.05) is 0 Å². The molecule has 2 rings (SSSR count). The second kappa shape index (κ2) is 5.82. The molecule has 19 heavy (non-hydrogen) atoms. The lowest BCUT2D eigenvalue weighted by molar-refractivity contribution is 0.102. The minimum atomic E-state index is -0.418. The van der Waals surface area contributed by atoms with E-state index in [0.29, 0.717) is 22.7 Å². The number of hydrogen-bond donors (Lipinski definition) is 1. The van der Waals surface area contributed by atoms with E-state index in [2.05, 4.69) is 10.3 Å². The highest BCUT2D eigenvalue weighted by atomic mass is 35.5. The first-order valence-corrected chi connectivity index (χ1v) is 6.04. The zero-order valence-electron chi connectivity index (χ0n) is 9.56. The summed E-state index contributed by atoms with van der Waals surface area (Å²) in [6.07, 6.45) is 2.04. The Balaban J connectivity index is 2.20. The number of nitrogens with zero attached hydrogens (tertiary/aromatic N) is 1. The summed E-state index contributed by atoms with van der Waals surface area (Å²) in [6.45, 7) is 0. The second-order valence-corrected chi connectivity index (χ2v) is 4.44. The Kier molecular flexibility index (Phi) is 4.14. The van der Waals surface area contributed by atoms with Crippen molar-refractivity contribution < 1.29 is 9.59 Å². The predicted molar refractivity (Wildman–Crippen MR) is 74.0 cm³/mol. The number of benzene rings is 1. The van der Waals surface area contributed by atoms with E-state index in [-0.39, 0.29) is 10.6 Å². The summed E-state index contributed by atoms with van der Waals surface area (Å²) in [5, 5.41) is 3.06. The van der Waals surface area contributed by atoms with Gasteiger partial charge in [-0.15, -0.1) is 0 Å². The summed E-state index contributed by atoms with van der Waals surface area (Å²) < 4.78 is 0. The third kappa shape index (κ3) is 3.10. The van der Waals surface area contributed by atoms with Crippen molar-refractivity contribution in [2.75, 3.05) is 5.32 Å². The highest BCUT2D eigenvalue weighted by molar-refractivity contribution is 6.44. The Morgan fingerprint density at radius 1 is 1.21 bits per heavy atom. The maximum Gasteiger partial charge on any atom is 0.258 e. The number of rotatable bonds is 3. The summed E-state index contributed by atoms with van der Waals surface area (Å²) in [5.41, 5.74) is 0.689. The van der Waals surface area contributed by atoms with Crippen LogP contribution in [0.25, 0.3) is 0 Å². The van der Waals surface area contributed by atoms with Gasteiger partial charge < -0.3 is 5.32 Å². The van der Waals surface area contributed by atoms with Gasteiger partial charge in [-0.1, -0.05) is 29.3 Å². The number of halogens is 2. The molecule has 0 bridgehead atoms. The monoisotopic (exact) mass is 294 g/mol. The Morgan fingerprint density at radius 3 is 2.63 bits per heavy atom. The summed E-state index contributed by atoms with van der Waals surface area (Å²) in [6, 6.07) is 7.86. The molecule has 0 aliphatic heterocycles. The summed E-state index contributed by atoms with van der Waals surface area (Å²) >= 11 is 11.8. The van der Waals surface area contributed by atoms with Gasteiger partial charge in [-0.05, 0) is 24.3 Å². The topological polar surface area (TPSA) is 59.1 Å². The van der Waals surface area contributed by atoms with Crippen LogP contribution in [0.5, 0.6) is 0 Å². The van der Waals surface area contributed by atoms with Crippen molar-refractivity contribution >= 4 is 41.2 Å². The number of aldehydes is 1. The Bertz CT molecular complexity index is 627. The molecule has 0 radical (unpaired) electrons. The molecular formula is C13H8Cl2N2O2. The smallest absolute Gasteiger partial charge is 0.258 e. The maximum absolute atomic E-state index is 12.0. The van der Waals surface area contributed by atoms with Gasteiger partial charge in [-0.25, -0.2) is 4.98 Å².